The van der Waals surface area contributed by atoms with E-state index in [0.29, 0.717) is 18.4 Å². The lowest BCUT2D eigenvalue weighted by Crippen LogP contribution is -2.33. The number of nitrogens with zero attached hydrogens (tertiary/aromatic N) is 5. The molecule has 0 aliphatic carbocycles. The molecular formula is C15H25N5O3. The first-order valence-corrected chi connectivity index (χ1v) is 8.15. The number of methoxy groups -OCH3 is 1. The molecule has 0 saturated carbocycles. The average molecular weight is 323 g/mol. The summed E-state index contributed by atoms with van der Waals surface area (Å²) in [7, 11) is 1.51. The zero-order chi connectivity index (χ0) is 16.7. The van der Waals surface area contributed by atoms with Crippen LogP contribution in [-0.2, 0) is 4.79 Å². The number of carbonyl (C=O) groups is 1. The first kappa shape index (κ1) is 17.2. The van der Waals surface area contributed by atoms with E-state index in [-0.39, 0.29) is 12.6 Å². The van der Waals surface area contributed by atoms with E-state index in [1.54, 1.807) is 4.90 Å². The van der Waals surface area contributed by atoms with Crippen molar-refractivity contribution in [2.24, 2.45) is 0 Å². The van der Waals surface area contributed by atoms with E-state index in [2.05, 4.69) is 19.9 Å². The Morgan fingerprint density at radius 2 is 1.91 bits per heavy atom. The largest absolute Gasteiger partial charge is 0.480 e. The van der Waals surface area contributed by atoms with Crippen LogP contribution in [0.2, 0.25) is 0 Å². The molecule has 0 unspecified atom stereocenters. The second kappa shape index (κ2) is 8.50. The van der Waals surface area contributed by atoms with Crippen LogP contribution in [0.15, 0.2) is 0 Å². The van der Waals surface area contributed by atoms with Crippen LogP contribution in [0.3, 0.4) is 0 Å². The molecule has 23 heavy (non-hydrogen) atoms. The molecule has 1 aromatic heterocycles. The van der Waals surface area contributed by atoms with Crippen LogP contribution in [0.5, 0.6) is 6.01 Å². The molecular weight excluding hydrogens is 298 g/mol. The quantitative estimate of drug-likeness (QED) is 0.808. The van der Waals surface area contributed by atoms with Crippen LogP contribution >= 0.6 is 0 Å². The summed E-state index contributed by atoms with van der Waals surface area (Å²) in [6.45, 7) is 4.22. The van der Waals surface area contributed by atoms with Crippen LogP contribution in [-0.4, -0.2) is 59.3 Å². The van der Waals surface area contributed by atoms with Gasteiger partial charge >= 0.3 is 12.0 Å². The SMILES string of the molecule is CCCN(CC(=O)O)c1nc(OC)nc(N2CCCCCC2)n1. The fraction of sp³-hybridized carbons (Fsp3) is 0.733. The molecule has 1 N–H and O–H groups in total. The van der Waals surface area contributed by atoms with E-state index < -0.39 is 5.97 Å². The van der Waals surface area contributed by atoms with Crippen LogP contribution in [0.25, 0.3) is 0 Å². The number of hydrogen-bond donors (Lipinski definition) is 1. The third-order valence-corrected chi connectivity index (χ3v) is 3.77. The standard InChI is InChI=1S/C15H25N5O3/c1-3-8-20(11-12(21)22)14-16-13(17-15(18-14)23-2)19-9-6-4-5-7-10-19/h3-11H2,1-2H3,(H,21,22). The molecule has 0 spiro atoms. The first-order chi connectivity index (χ1) is 11.1. The molecule has 2 rings (SSSR count). The highest BCUT2D eigenvalue weighted by Crippen LogP contribution is 2.21. The van der Waals surface area contributed by atoms with Crippen LogP contribution in [0, 0.1) is 0 Å². The number of aromatic nitrogens is 3. The van der Waals surface area contributed by atoms with E-state index >= 15 is 0 Å². The Morgan fingerprint density at radius 3 is 2.48 bits per heavy atom. The molecule has 1 fully saturated rings. The topological polar surface area (TPSA) is 91.7 Å². The molecule has 8 heteroatoms. The van der Waals surface area contributed by atoms with E-state index in [1.165, 1.54) is 20.0 Å². The maximum absolute atomic E-state index is 11.1. The molecule has 0 radical (unpaired) electrons. The van der Waals surface area contributed by atoms with Crippen molar-refractivity contribution in [2.75, 3.05) is 43.1 Å². The van der Waals surface area contributed by atoms with Gasteiger partial charge in [-0.1, -0.05) is 19.8 Å². The molecule has 0 atom stereocenters. The summed E-state index contributed by atoms with van der Waals surface area (Å²) in [6.07, 6.45) is 5.45. The summed E-state index contributed by atoms with van der Waals surface area (Å²) in [5, 5.41) is 9.10. The number of anilines is 2. The monoisotopic (exact) mass is 323 g/mol. The van der Waals surface area contributed by atoms with E-state index in [1.807, 2.05) is 6.92 Å². The average Bonchev–Trinajstić information content (AvgIpc) is 2.83. The van der Waals surface area contributed by atoms with Gasteiger partial charge in [0.15, 0.2) is 0 Å². The Bertz CT molecular complexity index is 518. The van der Waals surface area contributed by atoms with E-state index in [4.69, 9.17) is 9.84 Å². The molecule has 0 bridgehead atoms. The number of carboxylic acids is 1. The van der Waals surface area contributed by atoms with Gasteiger partial charge in [-0.3, -0.25) is 4.79 Å². The Labute approximate surface area is 136 Å². The second-order valence-corrected chi connectivity index (χ2v) is 5.64. The minimum Gasteiger partial charge on any atom is -0.480 e. The number of rotatable bonds is 7. The Kier molecular flexibility index (Phi) is 6.37. The van der Waals surface area contributed by atoms with E-state index in [0.717, 1.165) is 32.4 Å². The van der Waals surface area contributed by atoms with Gasteiger partial charge in [0, 0.05) is 19.6 Å². The molecule has 2 heterocycles. The minimum atomic E-state index is -0.908. The maximum Gasteiger partial charge on any atom is 0.323 e. The van der Waals surface area contributed by atoms with Crippen LogP contribution in [0.4, 0.5) is 11.9 Å². The van der Waals surface area contributed by atoms with Crippen molar-refractivity contribution in [2.45, 2.75) is 39.0 Å². The molecule has 1 aliphatic rings. The minimum absolute atomic E-state index is 0.138. The summed E-state index contributed by atoms with van der Waals surface area (Å²) in [4.78, 5) is 28.0. The number of aliphatic carboxylic acids is 1. The molecule has 128 valence electrons. The van der Waals surface area contributed by atoms with Crippen LogP contribution in [0.1, 0.15) is 39.0 Å². The normalized spacial score (nSPS) is 15.1. The molecule has 1 saturated heterocycles. The predicted octanol–water partition coefficient (Wildman–Crippen LogP) is 1.56. The maximum atomic E-state index is 11.1. The summed E-state index contributed by atoms with van der Waals surface area (Å²) >= 11 is 0. The Hall–Kier alpha value is -2.12. The lowest BCUT2D eigenvalue weighted by Gasteiger charge is -2.24. The van der Waals surface area contributed by atoms with Crippen molar-refractivity contribution in [3.63, 3.8) is 0 Å². The lowest BCUT2D eigenvalue weighted by molar-refractivity contribution is -0.135. The number of ether oxygens (including phenoxy) is 1. The fourth-order valence-electron chi connectivity index (χ4n) is 2.66. The van der Waals surface area contributed by atoms with Crippen molar-refractivity contribution in [3.8, 4) is 6.01 Å². The highest BCUT2D eigenvalue weighted by atomic mass is 16.5. The van der Waals surface area contributed by atoms with Gasteiger partial charge < -0.3 is 19.6 Å². The summed E-state index contributed by atoms with van der Waals surface area (Å²) in [5.74, 6) is 0.0229. The van der Waals surface area contributed by atoms with Crippen molar-refractivity contribution < 1.29 is 14.6 Å². The zero-order valence-corrected chi connectivity index (χ0v) is 13.9. The first-order valence-electron chi connectivity index (χ1n) is 8.15. The van der Waals surface area contributed by atoms with E-state index in [9.17, 15) is 4.79 Å². The van der Waals surface area contributed by atoms with Gasteiger partial charge in [-0.15, -0.1) is 0 Å². The van der Waals surface area contributed by atoms with Gasteiger partial charge in [-0.05, 0) is 19.3 Å². The third kappa shape index (κ3) is 4.94. The number of carboxylic acid groups (broad SMARTS) is 1. The van der Waals surface area contributed by atoms with Gasteiger partial charge in [-0.25, -0.2) is 0 Å². The Morgan fingerprint density at radius 1 is 1.22 bits per heavy atom. The molecule has 1 aromatic rings. The third-order valence-electron chi connectivity index (χ3n) is 3.77. The summed E-state index contributed by atoms with van der Waals surface area (Å²) in [5.41, 5.74) is 0. The van der Waals surface area contributed by atoms with Gasteiger partial charge in [0.2, 0.25) is 11.9 Å². The summed E-state index contributed by atoms with van der Waals surface area (Å²) < 4.78 is 5.19. The van der Waals surface area contributed by atoms with Crippen molar-refractivity contribution >= 4 is 17.9 Å². The highest BCUT2D eigenvalue weighted by molar-refractivity contribution is 5.72. The summed E-state index contributed by atoms with van der Waals surface area (Å²) in [6, 6.07) is 0.223. The highest BCUT2D eigenvalue weighted by Gasteiger charge is 2.19. The smallest absolute Gasteiger partial charge is 0.323 e. The fourth-order valence-corrected chi connectivity index (χ4v) is 2.66. The van der Waals surface area contributed by atoms with Crippen LogP contribution < -0.4 is 14.5 Å². The van der Waals surface area contributed by atoms with Gasteiger partial charge in [0.05, 0.1) is 7.11 Å². The second-order valence-electron chi connectivity index (χ2n) is 5.64. The molecule has 8 nitrogen and oxygen atoms in total. The Balaban J connectivity index is 2.30. The van der Waals surface area contributed by atoms with Gasteiger partial charge in [0.25, 0.3) is 0 Å². The molecule has 0 amide bonds. The molecule has 0 aromatic carbocycles. The zero-order valence-electron chi connectivity index (χ0n) is 13.9. The van der Waals surface area contributed by atoms with Crippen molar-refractivity contribution in [1.82, 2.24) is 15.0 Å². The van der Waals surface area contributed by atoms with Gasteiger partial charge in [0.1, 0.15) is 6.54 Å². The van der Waals surface area contributed by atoms with Crippen molar-refractivity contribution in [1.29, 1.82) is 0 Å². The van der Waals surface area contributed by atoms with Gasteiger partial charge in [-0.2, -0.15) is 15.0 Å². The predicted molar refractivity (Wildman–Crippen MR) is 87.2 cm³/mol. The molecule has 1 aliphatic heterocycles. The number of hydrogen-bond acceptors (Lipinski definition) is 7. The van der Waals surface area contributed by atoms with Crippen molar-refractivity contribution in [3.05, 3.63) is 0 Å². The lowest BCUT2D eigenvalue weighted by atomic mass is 10.2.